The number of hydrogen-bond donors (Lipinski definition) is 1. The maximum absolute atomic E-state index is 13.4. The Morgan fingerprint density at radius 2 is 1.79 bits per heavy atom. The van der Waals surface area contributed by atoms with Crippen molar-refractivity contribution < 1.29 is 27.4 Å². The SMILES string of the molecule is Clc1cc(CCCN2CCCC2)ccc1OC1CC1.NC(=O)C(F)(F)c1ccnc(Oc2ccc(F)cc2)c1. The van der Waals surface area contributed by atoms with E-state index in [1.54, 1.807) is 0 Å². The topological polar surface area (TPSA) is 77.7 Å². The number of alkyl halides is 2. The number of carbonyl (C=O) groups excluding carboxylic acids is 1. The van der Waals surface area contributed by atoms with Crippen LogP contribution in [0.25, 0.3) is 0 Å². The van der Waals surface area contributed by atoms with E-state index in [9.17, 15) is 18.0 Å². The van der Waals surface area contributed by atoms with E-state index in [0.29, 0.717) is 6.10 Å². The highest BCUT2D eigenvalue weighted by Crippen LogP contribution is 2.33. The highest BCUT2D eigenvalue weighted by Gasteiger charge is 2.39. The van der Waals surface area contributed by atoms with Crippen LogP contribution >= 0.6 is 11.6 Å². The number of aryl methyl sites for hydroxylation is 1. The Bertz CT molecular complexity index is 1250. The maximum atomic E-state index is 13.4. The zero-order valence-electron chi connectivity index (χ0n) is 21.4. The molecule has 1 aliphatic heterocycles. The maximum Gasteiger partial charge on any atom is 0.349 e. The molecule has 0 spiro atoms. The van der Waals surface area contributed by atoms with Gasteiger partial charge in [0.1, 0.15) is 17.3 Å². The Morgan fingerprint density at radius 3 is 2.44 bits per heavy atom. The third kappa shape index (κ3) is 8.60. The number of likely N-dealkylation sites (tertiary alicyclic amines) is 1. The third-order valence-corrected chi connectivity index (χ3v) is 6.69. The van der Waals surface area contributed by atoms with E-state index in [0.717, 1.165) is 47.7 Å². The van der Waals surface area contributed by atoms with Crippen molar-refractivity contribution in [3.8, 4) is 17.4 Å². The number of hydrogen-bond acceptors (Lipinski definition) is 5. The third-order valence-electron chi connectivity index (χ3n) is 6.40. The van der Waals surface area contributed by atoms with Gasteiger partial charge in [0.05, 0.1) is 11.1 Å². The van der Waals surface area contributed by atoms with Gasteiger partial charge in [0.15, 0.2) is 0 Å². The van der Waals surface area contributed by atoms with Crippen molar-refractivity contribution >= 4 is 17.5 Å². The quantitative estimate of drug-likeness (QED) is 0.306. The molecule has 2 fully saturated rings. The molecule has 0 atom stereocenters. The number of carbonyl (C=O) groups is 1. The van der Waals surface area contributed by atoms with E-state index < -0.39 is 23.2 Å². The number of pyridine rings is 1. The zero-order chi connectivity index (χ0) is 27.8. The Labute approximate surface area is 230 Å². The molecule has 1 aromatic heterocycles. The van der Waals surface area contributed by atoms with Gasteiger partial charge in [0, 0.05) is 17.8 Å². The standard InChI is InChI=1S/C16H22ClNO.C13H9F3N2O2/c17-15-12-13(4-3-11-18-9-1-2-10-18)5-8-16(15)19-14-6-7-14;14-9-1-3-10(4-2-9)20-11-7-8(5-6-18-11)13(15,16)12(17)19/h5,8,12,14H,1-4,6-7,9-11H2;1-7H,(H2,17,19). The summed E-state index contributed by atoms with van der Waals surface area (Å²) in [6, 6.07) is 13.1. The summed E-state index contributed by atoms with van der Waals surface area (Å²) in [6.07, 6.45) is 8.91. The van der Waals surface area contributed by atoms with Gasteiger partial charge in [-0.05, 0) is 106 Å². The molecule has 39 heavy (non-hydrogen) atoms. The summed E-state index contributed by atoms with van der Waals surface area (Å²) in [5.41, 5.74) is 5.33. The predicted molar refractivity (Wildman–Crippen MR) is 143 cm³/mol. The van der Waals surface area contributed by atoms with Crippen molar-refractivity contribution in [3.05, 3.63) is 82.8 Å². The number of halogens is 4. The molecule has 0 unspecified atom stereocenters. The molecule has 3 aromatic rings. The van der Waals surface area contributed by atoms with Crippen molar-refractivity contribution in [2.45, 2.75) is 50.6 Å². The number of benzene rings is 2. The lowest BCUT2D eigenvalue weighted by atomic mass is 10.1. The number of nitrogens with two attached hydrogens (primary N) is 1. The van der Waals surface area contributed by atoms with E-state index in [4.69, 9.17) is 21.1 Å². The zero-order valence-corrected chi connectivity index (χ0v) is 22.2. The molecule has 2 heterocycles. The van der Waals surface area contributed by atoms with Crippen LogP contribution in [0.5, 0.6) is 17.4 Å². The summed E-state index contributed by atoms with van der Waals surface area (Å²) < 4.78 is 50.5. The van der Waals surface area contributed by atoms with Gasteiger partial charge in [-0.25, -0.2) is 9.37 Å². The average molecular weight is 562 g/mol. The van der Waals surface area contributed by atoms with Crippen LogP contribution in [0, 0.1) is 5.82 Å². The van der Waals surface area contributed by atoms with Gasteiger partial charge in [-0.1, -0.05) is 17.7 Å². The second kappa shape index (κ2) is 13.2. The summed E-state index contributed by atoms with van der Waals surface area (Å²) in [5, 5.41) is 0.769. The van der Waals surface area contributed by atoms with Crippen LogP contribution in [0.15, 0.2) is 60.8 Å². The minimum atomic E-state index is -3.82. The number of aromatic nitrogens is 1. The van der Waals surface area contributed by atoms with E-state index >= 15 is 0 Å². The average Bonchev–Trinajstić information content (AvgIpc) is 3.58. The van der Waals surface area contributed by atoms with Crippen LogP contribution in [0.1, 0.15) is 43.2 Å². The highest BCUT2D eigenvalue weighted by atomic mass is 35.5. The lowest BCUT2D eigenvalue weighted by Crippen LogP contribution is -2.32. The fraction of sp³-hybridized carbons (Fsp3) is 0.379. The van der Waals surface area contributed by atoms with Gasteiger partial charge in [-0.3, -0.25) is 4.79 Å². The van der Waals surface area contributed by atoms with E-state index in [2.05, 4.69) is 27.8 Å². The van der Waals surface area contributed by atoms with Crippen LogP contribution in [-0.2, 0) is 17.1 Å². The fourth-order valence-corrected chi connectivity index (χ4v) is 4.35. The fourth-order valence-electron chi connectivity index (χ4n) is 4.10. The molecular weight excluding hydrogens is 531 g/mol. The Balaban J connectivity index is 0.000000181. The molecule has 10 heteroatoms. The van der Waals surface area contributed by atoms with Crippen molar-refractivity contribution in [2.75, 3.05) is 19.6 Å². The highest BCUT2D eigenvalue weighted by molar-refractivity contribution is 6.32. The van der Waals surface area contributed by atoms with Crippen LogP contribution in [-0.4, -0.2) is 41.5 Å². The normalized spacial score (nSPS) is 15.4. The number of primary amides is 1. The number of ether oxygens (including phenoxy) is 2. The summed E-state index contributed by atoms with van der Waals surface area (Å²) in [5.74, 6) is -5.12. The first-order valence-corrected chi connectivity index (χ1v) is 13.3. The van der Waals surface area contributed by atoms with E-state index in [-0.39, 0.29) is 11.6 Å². The van der Waals surface area contributed by atoms with Crippen LogP contribution in [0.2, 0.25) is 5.02 Å². The van der Waals surface area contributed by atoms with Gasteiger partial charge >= 0.3 is 5.92 Å². The second-order valence-electron chi connectivity index (χ2n) is 9.61. The summed E-state index contributed by atoms with van der Waals surface area (Å²) in [6.45, 7) is 3.79. The largest absolute Gasteiger partial charge is 0.489 e. The first kappa shape index (κ1) is 28.7. The Kier molecular flexibility index (Phi) is 9.69. The van der Waals surface area contributed by atoms with Crippen molar-refractivity contribution in [1.82, 2.24) is 9.88 Å². The molecule has 5 rings (SSSR count). The van der Waals surface area contributed by atoms with Crippen LogP contribution < -0.4 is 15.2 Å². The Hall–Kier alpha value is -3.30. The lowest BCUT2D eigenvalue weighted by Gasteiger charge is -2.14. The molecule has 2 N–H and O–H groups in total. The molecule has 0 bridgehead atoms. The molecule has 6 nitrogen and oxygen atoms in total. The number of nitrogens with zero attached hydrogens (tertiary/aromatic N) is 2. The summed E-state index contributed by atoms with van der Waals surface area (Å²) in [7, 11) is 0. The van der Waals surface area contributed by atoms with Gasteiger partial charge < -0.3 is 20.1 Å². The second-order valence-corrected chi connectivity index (χ2v) is 10.0. The summed E-state index contributed by atoms with van der Waals surface area (Å²) in [4.78, 5) is 17.0. The predicted octanol–water partition coefficient (Wildman–Crippen LogP) is 6.50. The van der Waals surface area contributed by atoms with E-state index in [1.807, 2.05) is 6.07 Å². The summed E-state index contributed by atoms with van der Waals surface area (Å²) >= 11 is 6.27. The Morgan fingerprint density at radius 1 is 1.08 bits per heavy atom. The van der Waals surface area contributed by atoms with Crippen LogP contribution in [0.3, 0.4) is 0 Å². The van der Waals surface area contributed by atoms with Crippen LogP contribution in [0.4, 0.5) is 13.2 Å². The first-order valence-electron chi connectivity index (χ1n) is 13.0. The van der Waals surface area contributed by atoms with Crippen molar-refractivity contribution in [1.29, 1.82) is 0 Å². The molecule has 0 radical (unpaired) electrons. The minimum Gasteiger partial charge on any atom is -0.489 e. The first-order chi connectivity index (χ1) is 18.7. The van der Waals surface area contributed by atoms with Crippen molar-refractivity contribution in [3.63, 3.8) is 0 Å². The number of amides is 1. The van der Waals surface area contributed by atoms with E-state index in [1.165, 1.54) is 69.4 Å². The minimum absolute atomic E-state index is 0.157. The molecule has 1 aliphatic carbocycles. The molecule has 1 saturated carbocycles. The molecule has 208 valence electrons. The molecule has 1 amide bonds. The number of rotatable bonds is 10. The molecule has 1 saturated heterocycles. The smallest absolute Gasteiger partial charge is 0.349 e. The molecule has 2 aromatic carbocycles. The lowest BCUT2D eigenvalue weighted by molar-refractivity contribution is -0.143. The van der Waals surface area contributed by atoms with Gasteiger partial charge in [0.2, 0.25) is 5.88 Å². The molecule has 2 aliphatic rings. The van der Waals surface area contributed by atoms with Gasteiger partial charge in [-0.2, -0.15) is 8.78 Å². The van der Waals surface area contributed by atoms with Crippen molar-refractivity contribution in [2.24, 2.45) is 5.73 Å². The molecular formula is C29H31ClF3N3O3. The van der Waals surface area contributed by atoms with Gasteiger partial charge in [0.25, 0.3) is 5.91 Å². The van der Waals surface area contributed by atoms with Gasteiger partial charge in [-0.15, -0.1) is 0 Å². The monoisotopic (exact) mass is 561 g/mol.